The second kappa shape index (κ2) is 10.6. The number of hydrogen-bond donors (Lipinski definition) is 0. The Hall–Kier alpha value is -3.38. The molecule has 1 atom stereocenters. The normalized spacial score (nSPS) is 15.5. The fourth-order valence-electron chi connectivity index (χ4n) is 3.87. The number of carbonyl (C=O) groups is 1. The quantitative estimate of drug-likeness (QED) is 0.348. The molecule has 0 fully saturated rings. The number of aryl methyl sites for hydroxylation is 1. The minimum Gasteiger partial charge on any atom is -0.493 e. The van der Waals surface area contributed by atoms with Crippen molar-refractivity contribution in [2.45, 2.75) is 47.0 Å². The largest absolute Gasteiger partial charge is 0.493 e. The fourth-order valence-corrected chi connectivity index (χ4v) is 3.87. The number of ether oxygens (including phenoxy) is 1. The smallest absolute Gasteiger partial charge is 0.157 e. The van der Waals surface area contributed by atoms with Gasteiger partial charge in [0.2, 0.25) is 0 Å². The molecule has 1 aromatic rings. The molecule has 1 aliphatic carbocycles. The van der Waals surface area contributed by atoms with Gasteiger partial charge in [0.15, 0.2) is 5.78 Å². The van der Waals surface area contributed by atoms with Crippen molar-refractivity contribution in [3.8, 4) is 6.07 Å². The molecule has 0 saturated carbocycles. The van der Waals surface area contributed by atoms with E-state index in [1.54, 1.807) is 19.1 Å². The van der Waals surface area contributed by atoms with E-state index in [0.29, 0.717) is 23.5 Å². The second-order valence-electron chi connectivity index (χ2n) is 7.89. The molecule has 0 aromatic heterocycles. The third-order valence-electron chi connectivity index (χ3n) is 5.28. The van der Waals surface area contributed by atoms with Gasteiger partial charge in [-0.15, -0.1) is 0 Å². The molecule has 2 rings (SSSR count). The van der Waals surface area contributed by atoms with Crippen LogP contribution < -0.4 is 0 Å². The van der Waals surface area contributed by atoms with E-state index in [1.807, 2.05) is 45.1 Å². The first kappa shape index (κ1) is 23.9. The van der Waals surface area contributed by atoms with Gasteiger partial charge in [0.25, 0.3) is 0 Å². The molecule has 1 aromatic carbocycles. The summed E-state index contributed by atoms with van der Waals surface area (Å²) in [5.41, 5.74) is 6.76. The highest BCUT2D eigenvalue weighted by Gasteiger charge is 2.30. The monoisotopic (exact) mass is 413 g/mol. The van der Waals surface area contributed by atoms with E-state index in [9.17, 15) is 10.1 Å². The van der Waals surface area contributed by atoms with Crippen molar-refractivity contribution in [3.63, 3.8) is 0 Å². The zero-order chi connectivity index (χ0) is 23.1. The fraction of sp³-hybridized carbons (Fsp3) is 0.286. The summed E-state index contributed by atoms with van der Waals surface area (Å²) in [6.45, 7) is 18.1. The van der Waals surface area contributed by atoms with Crippen LogP contribution in [0.3, 0.4) is 0 Å². The number of benzene rings is 1. The summed E-state index contributed by atoms with van der Waals surface area (Å²) in [6.07, 6.45) is 8.60. The molecule has 0 bridgehead atoms. The van der Waals surface area contributed by atoms with Crippen LogP contribution in [0.2, 0.25) is 0 Å². The van der Waals surface area contributed by atoms with E-state index < -0.39 is 0 Å². The van der Waals surface area contributed by atoms with Crippen LogP contribution in [0.25, 0.3) is 0 Å². The molecule has 0 unspecified atom stereocenters. The first-order valence-corrected chi connectivity index (χ1v) is 10.5. The van der Waals surface area contributed by atoms with Gasteiger partial charge >= 0.3 is 0 Å². The van der Waals surface area contributed by atoms with Gasteiger partial charge in [-0.2, -0.15) is 5.26 Å². The molecule has 0 radical (unpaired) electrons. The van der Waals surface area contributed by atoms with Crippen molar-refractivity contribution in [2.75, 3.05) is 6.61 Å². The maximum absolute atomic E-state index is 12.9. The summed E-state index contributed by atoms with van der Waals surface area (Å²) < 4.78 is 6.16. The van der Waals surface area contributed by atoms with Crippen LogP contribution in [-0.4, -0.2) is 12.4 Å². The molecule has 0 spiro atoms. The van der Waals surface area contributed by atoms with E-state index in [4.69, 9.17) is 4.74 Å². The summed E-state index contributed by atoms with van der Waals surface area (Å²) in [6, 6.07) is 7.79. The highest BCUT2D eigenvalue weighted by atomic mass is 16.5. The van der Waals surface area contributed by atoms with E-state index in [1.165, 1.54) is 0 Å². The number of rotatable bonds is 8. The average Bonchev–Trinajstić information content (AvgIpc) is 2.86. The molecular formula is C28H31NO2. The lowest BCUT2D eigenvalue weighted by molar-refractivity contribution is -0.113. The summed E-state index contributed by atoms with van der Waals surface area (Å²) in [5.74, 6) is 0.330. The molecule has 31 heavy (non-hydrogen) atoms. The Morgan fingerprint density at radius 3 is 2.48 bits per heavy atom. The lowest BCUT2D eigenvalue weighted by Gasteiger charge is -2.27. The number of nitriles is 1. The van der Waals surface area contributed by atoms with Gasteiger partial charge in [0, 0.05) is 17.1 Å². The topological polar surface area (TPSA) is 50.1 Å². The number of nitrogens with zero attached hydrogens (tertiary/aromatic N) is 1. The standard InChI is InChI=1S/C28H31NO2/c1-8-12-31-26-15-19(4)13-18(3)14-25(26)28(27(22(7)30)20(5)9-2)24-11-10-23(17-29)16-21(24)6/h9-11,13-16,28H,2,4,8,12H2,1,3,5-7H3/b27-20-/t28-/m0/s1. The van der Waals surface area contributed by atoms with Crippen molar-refractivity contribution in [1.29, 1.82) is 5.26 Å². The van der Waals surface area contributed by atoms with Crippen molar-refractivity contribution in [3.05, 3.63) is 106 Å². The Bertz CT molecular complexity index is 1070. The number of allylic oxidation sites excluding steroid dienone is 9. The minimum atomic E-state index is -0.361. The van der Waals surface area contributed by atoms with Crippen LogP contribution >= 0.6 is 0 Å². The molecule has 3 heteroatoms. The van der Waals surface area contributed by atoms with E-state index in [-0.39, 0.29) is 11.7 Å². The van der Waals surface area contributed by atoms with Gasteiger partial charge in [0.1, 0.15) is 5.76 Å². The number of Topliss-reactive ketones (excluding diaryl/α,β-unsaturated/α-hetero) is 1. The van der Waals surface area contributed by atoms with E-state index in [0.717, 1.165) is 39.8 Å². The first-order chi connectivity index (χ1) is 14.7. The van der Waals surface area contributed by atoms with Crippen LogP contribution in [0.5, 0.6) is 0 Å². The third kappa shape index (κ3) is 5.61. The van der Waals surface area contributed by atoms with Gasteiger partial charge in [-0.05, 0) is 74.6 Å². The van der Waals surface area contributed by atoms with Crippen molar-refractivity contribution in [1.82, 2.24) is 0 Å². The molecule has 3 nitrogen and oxygen atoms in total. The molecule has 0 aliphatic heterocycles. The van der Waals surface area contributed by atoms with Crippen LogP contribution in [0.4, 0.5) is 0 Å². The average molecular weight is 414 g/mol. The van der Waals surface area contributed by atoms with Crippen LogP contribution in [0.1, 0.15) is 56.7 Å². The zero-order valence-electron chi connectivity index (χ0n) is 19.2. The first-order valence-electron chi connectivity index (χ1n) is 10.5. The van der Waals surface area contributed by atoms with Crippen molar-refractivity contribution in [2.24, 2.45) is 0 Å². The lowest BCUT2D eigenvalue weighted by atomic mass is 9.77. The summed E-state index contributed by atoms with van der Waals surface area (Å²) in [7, 11) is 0. The number of carbonyl (C=O) groups excluding carboxylic acids is 1. The molecule has 160 valence electrons. The summed E-state index contributed by atoms with van der Waals surface area (Å²) in [4.78, 5) is 12.9. The maximum atomic E-state index is 12.9. The van der Waals surface area contributed by atoms with E-state index in [2.05, 4.69) is 32.2 Å². The van der Waals surface area contributed by atoms with Crippen molar-refractivity contribution < 1.29 is 9.53 Å². The summed E-state index contributed by atoms with van der Waals surface area (Å²) >= 11 is 0. The predicted molar refractivity (Wildman–Crippen MR) is 128 cm³/mol. The van der Waals surface area contributed by atoms with Gasteiger partial charge < -0.3 is 4.74 Å². The third-order valence-corrected chi connectivity index (χ3v) is 5.28. The van der Waals surface area contributed by atoms with E-state index >= 15 is 0 Å². The number of ketones is 1. The maximum Gasteiger partial charge on any atom is 0.157 e. The highest BCUT2D eigenvalue weighted by molar-refractivity contribution is 5.97. The number of hydrogen-bond acceptors (Lipinski definition) is 3. The zero-order valence-corrected chi connectivity index (χ0v) is 19.2. The summed E-state index contributed by atoms with van der Waals surface area (Å²) in [5, 5.41) is 9.32. The van der Waals surface area contributed by atoms with Gasteiger partial charge in [-0.25, -0.2) is 0 Å². The molecule has 1 aliphatic rings. The molecule has 0 N–H and O–H groups in total. The lowest BCUT2D eigenvalue weighted by Crippen LogP contribution is -2.17. The molecule has 0 amide bonds. The predicted octanol–water partition coefficient (Wildman–Crippen LogP) is 6.79. The minimum absolute atomic E-state index is 0.0217. The van der Waals surface area contributed by atoms with Crippen LogP contribution in [0.15, 0.2) is 89.3 Å². The molecule has 0 heterocycles. The van der Waals surface area contributed by atoms with Gasteiger partial charge in [0.05, 0.1) is 18.2 Å². The SMILES string of the molecule is C=C/C(C)=C(/C(C)=O)[C@H](C1=CC(C)=CC(=C)C=C1OCCC)c1ccc(C#N)cc1C. The Kier molecular flexibility index (Phi) is 8.16. The Labute approximate surface area is 186 Å². The Morgan fingerprint density at radius 2 is 1.94 bits per heavy atom. The van der Waals surface area contributed by atoms with Gasteiger partial charge in [-0.1, -0.05) is 49.9 Å². The van der Waals surface area contributed by atoms with Gasteiger partial charge in [-0.3, -0.25) is 4.79 Å². The Morgan fingerprint density at radius 1 is 1.23 bits per heavy atom. The molecular weight excluding hydrogens is 382 g/mol. The van der Waals surface area contributed by atoms with Crippen molar-refractivity contribution >= 4 is 5.78 Å². The van der Waals surface area contributed by atoms with Crippen LogP contribution in [0, 0.1) is 18.3 Å². The van der Waals surface area contributed by atoms with Crippen LogP contribution in [-0.2, 0) is 9.53 Å². The highest BCUT2D eigenvalue weighted by Crippen LogP contribution is 2.41. The Balaban J connectivity index is 2.89. The molecule has 0 saturated heterocycles. The second-order valence-corrected chi connectivity index (χ2v) is 7.89.